The Kier molecular flexibility index (Phi) is 13.3. The Balaban J connectivity index is 2.14. The van der Waals surface area contributed by atoms with E-state index in [1.807, 2.05) is 21.6 Å². The molecule has 1 aliphatic heterocycles. The molecule has 10 heteroatoms. The van der Waals surface area contributed by atoms with Crippen molar-refractivity contribution in [3.63, 3.8) is 0 Å². The second-order valence-corrected chi connectivity index (χ2v) is 9.46. The summed E-state index contributed by atoms with van der Waals surface area (Å²) in [7, 11) is 5.04. The maximum absolute atomic E-state index is 12.0. The van der Waals surface area contributed by atoms with E-state index in [0.717, 1.165) is 31.4 Å². The predicted octanol–water partition coefficient (Wildman–Crippen LogP) is 2.29. The van der Waals surface area contributed by atoms with Crippen molar-refractivity contribution >= 4 is 45.3 Å². The Morgan fingerprint density at radius 1 is 1.17 bits per heavy atom. The van der Waals surface area contributed by atoms with Crippen molar-refractivity contribution in [2.45, 2.75) is 62.7 Å². The predicted molar refractivity (Wildman–Crippen MR) is 115 cm³/mol. The topological polar surface area (TPSA) is 122 Å². The number of carbonyl (C=O) groups excluding carboxylic acids is 3. The summed E-state index contributed by atoms with van der Waals surface area (Å²) in [4.78, 5) is 45.7. The first-order valence-electron chi connectivity index (χ1n) is 9.76. The van der Waals surface area contributed by atoms with Crippen molar-refractivity contribution < 1.29 is 29.0 Å². The Bertz CT molecular complexity index is 579. The van der Waals surface area contributed by atoms with Crippen LogP contribution in [0.25, 0.3) is 0 Å². The Morgan fingerprint density at radius 3 is 2.62 bits per heavy atom. The molecule has 164 valence electrons. The highest BCUT2D eigenvalue weighted by atomic mass is 33.1. The number of hydrogen-bond acceptors (Lipinski definition) is 7. The number of hydrogen-bond donors (Lipinski definition) is 3. The van der Waals surface area contributed by atoms with Crippen LogP contribution in [0.15, 0.2) is 12.2 Å². The molecule has 1 rings (SSSR count). The monoisotopic (exact) mass is 446 g/mol. The van der Waals surface area contributed by atoms with Crippen molar-refractivity contribution in [1.82, 2.24) is 10.6 Å². The third-order valence-electron chi connectivity index (χ3n) is 4.33. The van der Waals surface area contributed by atoms with E-state index in [0.29, 0.717) is 37.5 Å². The lowest BCUT2D eigenvalue weighted by molar-refractivity contribution is -0.142. The second kappa shape index (κ2) is 15.2. The summed E-state index contributed by atoms with van der Waals surface area (Å²) in [6.45, 7) is 0.349. The number of esters is 1. The number of nitrogens with one attached hydrogen (secondary N) is 2. The molecule has 0 radical (unpaired) electrons. The molecule has 0 aromatic heterocycles. The van der Waals surface area contributed by atoms with E-state index in [2.05, 4.69) is 15.4 Å². The van der Waals surface area contributed by atoms with Gasteiger partial charge in [0.05, 0.1) is 7.11 Å². The fourth-order valence-corrected chi connectivity index (χ4v) is 5.73. The minimum atomic E-state index is -1.05. The summed E-state index contributed by atoms with van der Waals surface area (Å²) in [5.74, 6) is -1.12. The standard InChI is InChI=1S/C19H30N2O6S2/c1-27-18(24)10-9-16(22)20-12-5-4-7-15(19(25)26)21-17(23)8-3-2-6-14-11-13-28-29-14/h9-10,14-15H,2-8,11-13H2,1H3,(H,20,22)(H,21,23)(H,25,26)/b10-9+/t14-,15?/m1/s1. The third kappa shape index (κ3) is 12.5. The second-order valence-electron chi connectivity index (χ2n) is 6.68. The van der Waals surface area contributed by atoms with Gasteiger partial charge in [-0.25, -0.2) is 9.59 Å². The van der Waals surface area contributed by atoms with Crippen molar-refractivity contribution in [3.8, 4) is 0 Å². The molecular formula is C19H30N2O6S2. The lowest BCUT2D eigenvalue weighted by Crippen LogP contribution is -2.40. The molecule has 8 nitrogen and oxygen atoms in total. The van der Waals surface area contributed by atoms with Crippen molar-refractivity contribution in [2.75, 3.05) is 19.4 Å². The molecule has 1 saturated heterocycles. The molecule has 1 fully saturated rings. The zero-order valence-corrected chi connectivity index (χ0v) is 18.3. The molecule has 1 unspecified atom stereocenters. The molecule has 3 N–H and O–H groups in total. The van der Waals surface area contributed by atoms with E-state index in [-0.39, 0.29) is 5.91 Å². The molecule has 2 atom stereocenters. The summed E-state index contributed by atoms with van der Waals surface area (Å²) in [5, 5.41) is 15.1. The third-order valence-corrected chi connectivity index (χ3v) is 7.34. The Morgan fingerprint density at radius 2 is 1.97 bits per heavy atom. The highest BCUT2D eigenvalue weighted by Gasteiger charge is 2.20. The fourth-order valence-electron chi connectivity index (χ4n) is 2.70. The van der Waals surface area contributed by atoms with Gasteiger partial charge < -0.3 is 20.5 Å². The van der Waals surface area contributed by atoms with Crippen LogP contribution in [-0.2, 0) is 23.9 Å². The molecule has 0 spiro atoms. The maximum atomic E-state index is 12.0. The van der Waals surface area contributed by atoms with Gasteiger partial charge in [-0.05, 0) is 38.5 Å². The van der Waals surface area contributed by atoms with Crippen molar-refractivity contribution in [3.05, 3.63) is 12.2 Å². The minimum Gasteiger partial charge on any atom is -0.480 e. The number of rotatable bonds is 14. The number of ether oxygens (including phenoxy) is 1. The van der Waals surface area contributed by atoms with Crippen LogP contribution in [-0.4, -0.2) is 59.6 Å². The van der Waals surface area contributed by atoms with Crippen LogP contribution in [0.4, 0.5) is 0 Å². The average molecular weight is 447 g/mol. The molecule has 1 heterocycles. The van der Waals surface area contributed by atoms with E-state index in [1.165, 1.54) is 19.3 Å². The van der Waals surface area contributed by atoms with Crippen molar-refractivity contribution in [1.29, 1.82) is 0 Å². The van der Waals surface area contributed by atoms with Crippen LogP contribution in [0.5, 0.6) is 0 Å². The van der Waals surface area contributed by atoms with Crippen LogP contribution in [0.3, 0.4) is 0 Å². The molecular weight excluding hydrogens is 416 g/mol. The number of carboxylic acids is 1. The quantitative estimate of drug-likeness (QED) is 0.161. The van der Waals surface area contributed by atoms with Gasteiger partial charge in [-0.2, -0.15) is 0 Å². The number of aliphatic carboxylic acids is 1. The normalized spacial score (nSPS) is 17.1. The summed E-state index contributed by atoms with van der Waals surface area (Å²) < 4.78 is 4.38. The van der Waals surface area contributed by atoms with Crippen LogP contribution in [0.2, 0.25) is 0 Å². The van der Waals surface area contributed by atoms with E-state index in [9.17, 15) is 24.3 Å². The zero-order chi connectivity index (χ0) is 21.5. The first-order chi connectivity index (χ1) is 13.9. The van der Waals surface area contributed by atoms with Gasteiger partial charge in [-0.1, -0.05) is 28.0 Å². The molecule has 0 aliphatic carbocycles. The van der Waals surface area contributed by atoms with Crippen LogP contribution in [0.1, 0.15) is 51.4 Å². The summed E-state index contributed by atoms with van der Waals surface area (Å²) in [5.41, 5.74) is 0. The smallest absolute Gasteiger partial charge is 0.330 e. The van der Waals surface area contributed by atoms with Gasteiger partial charge in [-0.3, -0.25) is 9.59 Å². The summed E-state index contributed by atoms with van der Waals surface area (Å²) >= 11 is 0. The molecule has 29 heavy (non-hydrogen) atoms. The number of carbonyl (C=O) groups is 4. The zero-order valence-electron chi connectivity index (χ0n) is 16.7. The highest BCUT2D eigenvalue weighted by molar-refractivity contribution is 8.77. The average Bonchev–Trinajstić information content (AvgIpc) is 3.21. The van der Waals surface area contributed by atoms with Crippen LogP contribution >= 0.6 is 21.6 Å². The van der Waals surface area contributed by atoms with Gasteiger partial charge >= 0.3 is 11.9 Å². The summed E-state index contributed by atoms with van der Waals surface area (Å²) in [6.07, 6.45) is 7.93. The maximum Gasteiger partial charge on any atom is 0.330 e. The Hall–Kier alpha value is -1.68. The first kappa shape index (κ1) is 25.4. The van der Waals surface area contributed by atoms with Gasteiger partial charge in [0.2, 0.25) is 11.8 Å². The lowest BCUT2D eigenvalue weighted by atomic mass is 10.1. The van der Waals surface area contributed by atoms with E-state index >= 15 is 0 Å². The molecule has 1 aliphatic rings. The number of amides is 2. The van der Waals surface area contributed by atoms with Crippen LogP contribution in [0, 0.1) is 0 Å². The number of carboxylic acid groups (broad SMARTS) is 1. The number of methoxy groups -OCH3 is 1. The van der Waals surface area contributed by atoms with Gasteiger partial charge in [0.1, 0.15) is 6.04 Å². The van der Waals surface area contributed by atoms with Crippen LogP contribution < -0.4 is 10.6 Å². The molecule has 0 saturated carbocycles. The molecule has 0 bridgehead atoms. The van der Waals surface area contributed by atoms with E-state index in [1.54, 1.807) is 0 Å². The number of unbranched alkanes of at least 4 members (excludes halogenated alkanes) is 2. The Labute approximate surface area is 179 Å². The van der Waals surface area contributed by atoms with Gasteiger partial charge in [0, 0.05) is 36.1 Å². The van der Waals surface area contributed by atoms with Crippen molar-refractivity contribution in [2.24, 2.45) is 0 Å². The highest BCUT2D eigenvalue weighted by Crippen LogP contribution is 2.39. The molecule has 2 amide bonds. The minimum absolute atomic E-state index is 0.230. The van der Waals surface area contributed by atoms with Gasteiger partial charge in [0.25, 0.3) is 0 Å². The lowest BCUT2D eigenvalue weighted by Gasteiger charge is -2.14. The molecule has 0 aromatic carbocycles. The first-order valence-corrected chi connectivity index (χ1v) is 12.1. The van der Waals surface area contributed by atoms with E-state index in [4.69, 9.17) is 0 Å². The fraction of sp³-hybridized carbons (Fsp3) is 0.684. The van der Waals surface area contributed by atoms with Gasteiger partial charge in [-0.15, -0.1) is 0 Å². The SMILES string of the molecule is COC(=O)/C=C/C(=O)NCCCCC(NC(=O)CCCC[C@@H]1CCSS1)C(=O)O. The molecule has 0 aromatic rings. The van der Waals surface area contributed by atoms with E-state index < -0.39 is 23.9 Å². The largest absolute Gasteiger partial charge is 0.480 e. The van der Waals surface area contributed by atoms with Gasteiger partial charge in [0.15, 0.2) is 0 Å². The summed E-state index contributed by atoms with van der Waals surface area (Å²) in [6, 6.07) is -0.917.